The Kier molecular flexibility index (Phi) is 5.33. The van der Waals surface area contributed by atoms with Crippen molar-refractivity contribution in [2.75, 3.05) is 6.61 Å². The molecule has 1 nitrogen and oxygen atoms in total. The van der Waals surface area contributed by atoms with Crippen molar-refractivity contribution in [2.45, 2.75) is 38.9 Å². The monoisotopic (exact) mass is 284 g/mol. The summed E-state index contributed by atoms with van der Waals surface area (Å²) in [5.41, 5.74) is 2.60. The van der Waals surface area contributed by atoms with E-state index in [2.05, 4.69) is 54.9 Å². The highest BCUT2D eigenvalue weighted by Crippen LogP contribution is 2.26. The van der Waals surface area contributed by atoms with E-state index in [1.165, 1.54) is 11.1 Å². The standard InChI is InChI=1S/C14H21BrO/c1-5-16-14-7-6-11(4)8-12(14)9-13(15)10(2)3/h6-8,10,13H,5,9H2,1-4H3. The summed E-state index contributed by atoms with van der Waals surface area (Å²) in [4.78, 5) is 0.508. The van der Waals surface area contributed by atoms with E-state index >= 15 is 0 Å². The largest absolute Gasteiger partial charge is 0.494 e. The SMILES string of the molecule is CCOc1ccc(C)cc1CC(Br)C(C)C. The van der Waals surface area contributed by atoms with Gasteiger partial charge in [0.1, 0.15) is 5.75 Å². The number of halogens is 1. The van der Waals surface area contributed by atoms with Crippen LogP contribution in [0.4, 0.5) is 0 Å². The molecule has 0 aliphatic carbocycles. The molecule has 1 aromatic rings. The number of hydrogen-bond acceptors (Lipinski definition) is 1. The fraction of sp³-hybridized carbons (Fsp3) is 0.571. The Labute approximate surface area is 107 Å². The van der Waals surface area contributed by atoms with Gasteiger partial charge in [-0.2, -0.15) is 0 Å². The zero-order valence-corrected chi connectivity index (χ0v) is 12.2. The first-order chi connectivity index (χ1) is 7.54. The Morgan fingerprint density at radius 2 is 2.00 bits per heavy atom. The first-order valence-electron chi connectivity index (χ1n) is 5.91. The van der Waals surface area contributed by atoms with Gasteiger partial charge in [0.25, 0.3) is 0 Å². The van der Waals surface area contributed by atoms with Crippen molar-refractivity contribution in [2.24, 2.45) is 5.92 Å². The fourth-order valence-corrected chi connectivity index (χ4v) is 1.96. The van der Waals surface area contributed by atoms with E-state index in [-0.39, 0.29) is 0 Å². The van der Waals surface area contributed by atoms with Crippen molar-refractivity contribution in [3.05, 3.63) is 29.3 Å². The van der Waals surface area contributed by atoms with Crippen LogP contribution in [0.25, 0.3) is 0 Å². The predicted octanol–water partition coefficient (Wildman–Crippen LogP) is 4.36. The number of benzene rings is 1. The molecule has 0 saturated carbocycles. The molecule has 0 spiro atoms. The van der Waals surface area contributed by atoms with Gasteiger partial charge < -0.3 is 4.74 Å². The molecule has 90 valence electrons. The van der Waals surface area contributed by atoms with E-state index in [9.17, 15) is 0 Å². The third kappa shape index (κ3) is 3.82. The Morgan fingerprint density at radius 3 is 2.56 bits per heavy atom. The maximum absolute atomic E-state index is 5.65. The molecule has 0 amide bonds. The number of aryl methyl sites for hydroxylation is 1. The smallest absolute Gasteiger partial charge is 0.122 e. The third-order valence-electron chi connectivity index (χ3n) is 2.65. The number of alkyl halides is 1. The molecule has 1 rings (SSSR count). The molecule has 0 aromatic heterocycles. The van der Waals surface area contributed by atoms with Gasteiger partial charge >= 0.3 is 0 Å². The van der Waals surface area contributed by atoms with Gasteiger partial charge in [0.2, 0.25) is 0 Å². The van der Waals surface area contributed by atoms with Crippen LogP contribution in [0.3, 0.4) is 0 Å². The Hall–Kier alpha value is -0.500. The first-order valence-corrected chi connectivity index (χ1v) is 6.82. The van der Waals surface area contributed by atoms with Gasteiger partial charge in [-0.3, -0.25) is 0 Å². The van der Waals surface area contributed by atoms with Gasteiger partial charge in [-0.15, -0.1) is 0 Å². The van der Waals surface area contributed by atoms with Crippen molar-refractivity contribution in [1.82, 2.24) is 0 Å². The summed E-state index contributed by atoms with van der Waals surface area (Å²) in [5, 5.41) is 0. The number of rotatable bonds is 5. The molecule has 0 radical (unpaired) electrons. The van der Waals surface area contributed by atoms with Crippen LogP contribution in [0.15, 0.2) is 18.2 Å². The van der Waals surface area contributed by atoms with Gasteiger partial charge in [-0.1, -0.05) is 47.5 Å². The lowest BCUT2D eigenvalue weighted by atomic mass is 10.0. The fourth-order valence-electron chi connectivity index (χ4n) is 1.61. The minimum absolute atomic E-state index is 0.508. The average Bonchev–Trinajstić information content (AvgIpc) is 2.22. The highest BCUT2D eigenvalue weighted by Gasteiger charge is 2.13. The van der Waals surface area contributed by atoms with Gasteiger partial charge in [-0.25, -0.2) is 0 Å². The molecule has 16 heavy (non-hydrogen) atoms. The summed E-state index contributed by atoms with van der Waals surface area (Å²) in [5.74, 6) is 1.66. The molecule has 2 heteroatoms. The third-order valence-corrected chi connectivity index (χ3v) is 4.04. The minimum atomic E-state index is 0.508. The lowest BCUT2D eigenvalue weighted by molar-refractivity contribution is 0.336. The number of ether oxygens (including phenoxy) is 1. The van der Waals surface area contributed by atoms with Crippen LogP contribution in [0.1, 0.15) is 31.9 Å². The molecule has 0 N–H and O–H groups in total. The summed E-state index contributed by atoms with van der Waals surface area (Å²) in [6, 6.07) is 6.41. The Bertz CT molecular complexity index is 334. The molecular formula is C14H21BrO. The second kappa shape index (κ2) is 6.29. The molecule has 0 bridgehead atoms. The van der Waals surface area contributed by atoms with Crippen molar-refractivity contribution in [3.63, 3.8) is 0 Å². The Balaban J connectivity index is 2.87. The quantitative estimate of drug-likeness (QED) is 0.730. The van der Waals surface area contributed by atoms with Gasteiger partial charge in [0.15, 0.2) is 0 Å². The lowest BCUT2D eigenvalue weighted by Gasteiger charge is -2.17. The molecule has 0 fully saturated rings. The summed E-state index contributed by atoms with van der Waals surface area (Å²) in [6.45, 7) is 9.34. The van der Waals surface area contributed by atoms with Crippen LogP contribution < -0.4 is 4.74 Å². The molecule has 1 atom stereocenters. The summed E-state index contributed by atoms with van der Waals surface area (Å²) >= 11 is 3.73. The highest BCUT2D eigenvalue weighted by molar-refractivity contribution is 9.09. The minimum Gasteiger partial charge on any atom is -0.494 e. The normalized spacial score (nSPS) is 12.9. The van der Waals surface area contributed by atoms with E-state index in [0.29, 0.717) is 10.7 Å². The van der Waals surface area contributed by atoms with E-state index in [1.54, 1.807) is 0 Å². The molecule has 0 heterocycles. The van der Waals surface area contributed by atoms with Gasteiger partial charge in [-0.05, 0) is 37.8 Å². The zero-order valence-electron chi connectivity index (χ0n) is 10.6. The predicted molar refractivity (Wildman–Crippen MR) is 73.6 cm³/mol. The van der Waals surface area contributed by atoms with Crippen LogP contribution in [-0.2, 0) is 6.42 Å². The molecule has 1 unspecified atom stereocenters. The van der Waals surface area contributed by atoms with Crippen molar-refractivity contribution in [3.8, 4) is 5.75 Å². The second-order valence-corrected chi connectivity index (χ2v) is 5.68. The zero-order chi connectivity index (χ0) is 12.1. The van der Waals surface area contributed by atoms with Crippen LogP contribution in [-0.4, -0.2) is 11.4 Å². The molecule has 0 aliphatic heterocycles. The van der Waals surface area contributed by atoms with Crippen LogP contribution in [0, 0.1) is 12.8 Å². The number of hydrogen-bond donors (Lipinski definition) is 0. The van der Waals surface area contributed by atoms with Crippen molar-refractivity contribution in [1.29, 1.82) is 0 Å². The van der Waals surface area contributed by atoms with Crippen molar-refractivity contribution >= 4 is 15.9 Å². The maximum atomic E-state index is 5.65. The molecule has 0 aliphatic rings. The highest BCUT2D eigenvalue weighted by atomic mass is 79.9. The second-order valence-electron chi connectivity index (χ2n) is 4.51. The van der Waals surface area contributed by atoms with Crippen LogP contribution in [0.2, 0.25) is 0 Å². The van der Waals surface area contributed by atoms with E-state index in [0.717, 1.165) is 18.8 Å². The van der Waals surface area contributed by atoms with Gasteiger partial charge in [0.05, 0.1) is 6.61 Å². The first kappa shape index (κ1) is 13.6. The average molecular weight is 285 g/mol. The van der Waals surface area contributed by atoms with Crippen LogP contribution in [0.5, 0.6) is 5.75 Å². The van der Waals surface area contributed by atoms with Crippen molar-refractivity contribution < 1.29 is 4.74 Å². The maximum Gasteiger partial charge on any atom is 0.122 e. The molecule has 0 saturated heterocycles. The van der Waals surface area contributed by atoms with Gasteiger partial charge in [0, 0.05) is 4.83 Å². The molecule has 1 aromatic carbocycles. The van der Waals surface area contributed by atoms with E-state index < -0.39 is 0 Å². The summed E-state index contributed by atoms with van der Waals surface area (Å²) in [6.07, 6.45) is 1.02. The van der Waals surface area contributed by atoms with Crippen LogP contribution >= 0.6 is 15.9 Å². The topological polar surface area (TPSA) is 9.23 Å². The Morgan fingerprint density at radius 1 is 1.31 bits per heavy atom. The summed E-state index contributed by atoms with van der Waals surface area (Å²) in [7, 11) is 0. The molecular weight excluding hydrogens is 264 g/mol. The van der Waals surface area contributed by atoms with E-state index in [4.69, 9.17) is 4.74 Å². The lowest BCUT2D eigenvalue weighted by Crippen LogP contribution is -2.11. The summed E-state index contributed by atoms with van der Waals surface area (Å²) < 4.78 is 5.65. The van der Waals surface area contributed by atoms with E-state index in [1.807, 2.05) is 6.92 Å².